The van der Waals surface area contributed by atoms with E-state index in [9.17, 15) is 22.4 Å². The number of anilines is 1. The Morgan fingerprint density at radius 2 is 1.77 bits per heavy atom. The molecule has 0 saturated heterocycles. The molecule has 186 valence electrons. The molecule has 35 heavy (non-hydrogen) atoms. The Bertz CT molecular complexity index is 1120. The summed E-state index contributed by atoms with van der Waals surface area (Å²) in [6.07, 6.45) is 0.420. The van der Waals surface area contributed by atoms with Crippen LogP contribution in [-0.4, -0.2) is 22.0 Å². The first-order valence-electron chi connectivity index (χ1n) is 11.2. The fourth-order valence-electron chi connectivity index (χ4n) is 3.73. The molecule has 0 bridgehead atoms. The Kier molecular flexibility index (Phi) is 8.62. The number of halogens is 4. The van der Waals surface area contributed by atoms with Crippen molar-refractivity contribution < 1.29 is 22.4 Å². The number of hydrogen-bond donors (Lipinski definition) is 3. The van der Waals surface area contributed by atoms with Crippen LogP contribution in [0.5, 0.6) is 0 Å². The quantitative estimate of drug-likeness (QED) is 0.331. The van der Waals surface area contributed by atoms with Crippen molar-refractivity contribution in [2.45, 2.75) is 50.9 Å². The van der Waals surface area contributed by atoms with Crippen molar-refractivity contribution >= 4 is 11.7 Å². The Labute approximate surface area is 201 Å². The molecule has 3 aromatic rings. The number of amides is 2. The highest BCUT2D eigenvalue weighted by Gasteiger charge is 2.33. The number of carbonyl (C=O) groups is 1. The summed E-state index contributed by atoms with van der Waals surface area (Å²) in [5, 5.41) is 5.40. The van der Waals surface area contributed by atoms with E-state index in [2.05, 4.69) is 20.6 Å². The zero-order valence-electron chi connectivity index (χ0n) is 19.1. The highest BCUT2D eigenvalue weighted by Crippen LogP contribution is 2.32. The molecular formula is C25H27F4N5O. The second kappa shape index (κ2) is 11.6. The van der Waals surface area contributed by atoms with Crippen LogP contribution in [0.2, 0.25) is 0 Å². The lowest BCUT2D eigenvalue weighted by molar-refractivity contribution is -0.137. The SMILES string of the molecule is Cc1ccnc([C@@H](NC(=O)NC2CCCC2)c2cc(F)cc(C(F)(F)F)c2)n1.Nc1ccccc1. The van der Waals surface area contributed by atoms with Crippen LogP contribution in [0.3, 0.4) is 0 Å². The normalized spacial score (nSPS) is 14.5. The van der Waals surface area contributed by atoms with E-state index in [1.807, 2.05) is 30.3 Å². The first kappa shape index (κ1) is 25.9. The van der Waals surface area contributed by atoms with E-state index in [4.69, 9.17) is 5.73 Å². The summed E-state index contributed by atoms with van der Waals surface area (Å²) in [6.45, 7) is 1.69. The molecule has 4 N–H and O–H groups in total. The maximum absolute atomic E-state index is 13.9. The van der Waals surface area contributed by atoms with Crippen molar-refractivity contribution in [2.75, 3.05) is 5.73 Å². The van der Waals surface area contributed by atoms with E-state index in [0.717, 1.165) is 43.5 Å². The summed E-state index contributed by atoms with van der Waals surface area (Å²) >= 11 is 0. The zero-order valence-corrected chi connectivity index (χ0v) is 19.1. The number of hydrogen-bond acceptors (Lipinski definition) is 4. The Morgan fingerprint density at radius 3 is 2.34 bits per heavy atom. The van der Waals surface area contributed by atoms with Crippen LogP contribution in [0.25, 0.3) is 0 Å². The van der Waals surface area contributed by atoms with Crippen molar-refractivity contribution in [1.82, 2.24) is 20.6 Å². The van der Waals surface area contributed by atoms with E-state index < -0.39 is 29.6 Å². The van der Waals surface area contributed by atoms with Crippen LogP contribution in [-0.2, 0) is 6.18 Å². The minimum Gasteiger partial charge on any atom is -0.399 e. The van der Waals surface area contributed by atoms with Gasteiger partial charge < -0.3 is 16.4 Å². The summed E-state index contributed by atoms with van der Waals surface area (Å²) < 4.78 is 53.2. The average Bonchev–Trinajstić information content (AvgIpc) is 3.30. The van der Waals surface area contributed by atoms with Gasteiger partial charge in [0.2, 0.25) is 0 Å². The summed E-state index contributed by atoms with van der Waals surface area (Å²) in [5.74, 6) is -0.972. The van der Waals surface area contributed by atoms with E-state index in [-0.39, 0.29) is 17.4 Å². The van der Waals surface area contributed by atoms with Gasteiger partial charge >= 0.3 is 12.2 Å². The number of aromatic nitrogens is 2. The summed E-state index contributed by atoms with van der Waals surface area (Å²) in [5.41, 5.74) is 5.53. The van der Waals surface area contributed by atoms with E-state index in [1.165, 1.54) is 6.20 Å². The van der Waals surface area contributed by atoms with Gasteiger partial charge in [0.25, 0.3) is 0 Å². The Morgan fingerprint density at radius 1 is 1.09 bits per heavy atom. The van der Waals surface area contributed by atoms with Gasteiger partial charge in [0.05, 0.1) is 5.56 Å². The van der Waals surface area contributed by atoms with Crippen molar-refractivity contribution in [3.63, 3.8) is 0 Å². The molecule has 1 aromatic heterocycles. The van der Waals surface area contributed by atoms with Gasteiger partial charge in [-0.3, -0.25) is 0 Å². The molecule has 1 atom stereocenters. The minimum atomic E-state index is -4.72. The van der Waals surface area contributed by atoms with Crippen molar-refractivity contribution in [2.24, 2.45) is 0 Å². The molecular weight excluding hydrogens is 462 g/mol. The van der Waals surface area contributed by atoms with Crippen LogP contribution < -0.4 is 16.4 Å². The summed E-state index contributed by atoms with van der Waals surface area (Å²) in [4.78, 5) is 20.7. The minimum absolute atomic E-state index is 0.0114. The third-order valence-corrected chi connectivity index (χ3v) is 5.42. The van der Waals surface area contributed by atoms with Crippen LogP contribution in [0.1, 0.15) is 54.4 Å². The molecule has 1 saturated carbocycles. The highest BCUT2D eigenvalue weighted by atomic mass is 19.4. The van der Waals surface area contributed by atoms with Gasteiger partial charge in [-0.05, 0) is 61.7 Å². The molecule has 1 heterocycles. The van der Waals surface area contributed by atoms with Gasteiger partial charge in [0.15, 0.2) is 5.82 Å². The van der Waals surface area contributed by atoms with Gasteiger partial charge in [-0.2, -0.15) is 13.2 Å². The molecule has 0 spiro atoms. The number of nitrogen functional groups attached to an aromatic ring is 1. The highest BCUT2D eigenvalue weighted by molar-refractivity contribution is 5.75. The fraction of sp³-hybridized carbons (Fsp3) is 0.320. The topological polar surface area (TPSA) is 92.9 Å². The largest absolute Gasteiger partial charge is 0.416 e. The predicted molar refractivity (Wildman–Crippen MR) is 125 cm³/mol. The maximum Gasteiger partial charge on any atom is 0.416 e. The molecule has 6 nitrogen and oxygen atoms in total. The van der Waals surface area contributed by atoms with E-state index in [1.54, 1.807) is 13.0 Å². The number of alkyl halides is 3. The van der Waals surface area contributed by atoms with Gasteiger partial charge in [0, 0.05) is 23.6 Å². The summed E-state index contributed by atoms with van der Waals surface area (Å²) in [7, 11) is 0. The molecule has 1 aliphatic carbocycles. The predicted octanol–water partition coefficient (Wildman–Crippen LogP) is 5.54. The van der Waals surface area contributed by atoms with Gasteiger partial charge in [-0.1, -0.05) is 31.0 Å². The number of benzene rings is 2. The van der Waals surface area contributed by atoms with Crippen molar-refractivity contribution in [1.29, 1.82) is 0 Å². The van der Waals surface area contributed by atoms with Crippen LogP contribution in [0, 0.1) is 12.7 Å². The number of urea groups is 1. The molecule has 0 unspecified atom stereocenters. The first-order valence-corrected chi connectivity index (χ1v) is 11.2. The van der Waals surface area contributed by atoms with Gasteiger partial charge in [0.1, 0.15) is 11.9 Å². The molecule has 1 fully saturated rings. The lowest BCUT2D eigenvalue weighted by atomic mass is 10.0. The zero-order chi connectivity index (χ0) is 25.4. The number of nitrogens with one attached hydrogen (secondary N) is 2. The van der Waals surface area contributed by atoms with E-state index in [0.29, 0.717) is 11.8 Å². The average molecular weight is 490 g/mol. The van der Waals surface area contributed by atoms with Gasteiger partial charge in [-0.15, -0.1) is 0 Å². The number of carbonyl (C=O) groups excluding carboxylic acids is 1. The second-order valence-electron chi connectivity index (χ2n) is 8.27. The number of aryl methyl sites for hydroxylation is 1. The lowest BCUT2D eigenvalue weighted by Gasteiger charge is -2.21. The first-order chi connectivity index (χ1) is 16.6. The fourth-order valence-corrected chi connectivity index (χ4v) is 3.73. The van der Waals surface area contributed by atoms with Crippen molar-refractivity contribution in [3.8, 4) is 0 Å². The number of para-hydroxylation sites is 1. The second-order valence-corrected chi connectivity index (χ2v) is 8.27. The number of nitrogens with zero attached hydrogens (tertiary/aromatic N) is 2. The summed E-state index contributed by atoms with van der Waals surface area (Å²) in [6, 6.07) is 11.6. The molecule has 0 radical (unpaired) electrons. The van der Waals surface area contributed by atoms with Gasteiger partial charge in [-0.25, -0.2) is 19.2 Å². The standard InChI is InChI=1S/C19H20F4N4O.C6H7N/c1-11-6-7-24-17(25-11)16(27-18(28)26-15-4-2-3-5-15)12-8-13(19(21,22)23)10-14(20)9-12;7-6-4-2-1-3-5-6/h6-10,15-16H,2-5H2,1H3,(H2,26,27,28);1-5H,7H2/t16-;/m0./s1. The monoisotopic (exact) mass is 489 g/mol. The van der Waals surface area contributed by atoms with Crippen LogP contribution >= 0.6 is 0 Å². The molecule has 4 rings (SSSR count). The number of nitrogens with two attached hydrogens (primary N) is 1. The molecule has 1 aliphatic rings. The number of rotatable bonds is 4. The lowest BCUT2D eigenvalue weighted by Crippen LogP contribution is -2.43. The molecule has 0 aliphatic heterocycles. The molecule has 2 amide bonds. The Hall–Kier alpha value is -3.69. The third-order valence-electron chi connectivity index (χ3n) is 5.42. The smallest absolute Gasteiger partial charge is 0.399 e. The van der Waals surface area contributed by atoms with Crippen LogP contribution in [0.15, 0.2) is 60.8 Å². The third kappa shape index (κ3) is 7.94. The molecule has 2 aromatic carbocycles. The van der Waals surface area contributed by atoms with E-state index >= 15 is 0 Å². The van der Waals surface area contributed by atoms with Crippen LogP contribution in [0.4, 0.5) is 28.0 Å². The van der Waals surface area contributed by atoms with Crippen molar-refractivity contribution in [3.05, 3.63) is 89.3 Å². The maximum atomic E-state index is 13.9. The molecule has 10 heteroatoms. The Balaban J connectivity index is 0.000000420.